The quantitative estimate of drug-likeness (QED) is 0.331. The lowest BCUT2D eigenvalue weighted by Crippen LogP contribution is -2.06. The molecule has 0 unspecified atom stereocenters. The van der Waals surface area contributed by atoms with Crippen molar-refractivity contribution in [3.63, 3.8) is 0 Å². The van der Waals surface area contributed by atoms with E-state index in [0.717, 1.165) is 12.8 Å². The second-order valence-electron chi connectivity index (χ2n) is 3.27. The van der Waals surface area contributed by atoms with Crippen LogP contribution >= 0.6 is 0 Å². The van der Waals surface area contributed by atoms with Gasteiger partial charge in [-0.3, -0.25) is 4.79 Å². The van der Waals surface area contributed by atoms with Crippen LogP contribution in [0.2, 0.25) is 0 Å². The van der Waals surface area contributed by atoms with Crippen LogP contribution in [0.3, 0.4) is 0 Å². The lowest BCUT2D eigenvalue weighted by atomic mass is 10.2. The molecule has 0 aromatic heterocycles. The number of nitrogens with zero attached hydrogens (tertiary/aromatic N) is 1. The number of ether oxygens (including phenoxy) is 1. The first-order valence-electron chi connectivity index (χ1n) is 5.15. The van der Waals surface area contributed by atoms with Crippen LogP contribution in [0.4, 0.5) is 5.69 Å². The van der Waals surface area contributed by atoms with Crippen molar-refractivity contribution in [3.05, 3.63) is 24.3 Å². The summed E-state index contributed by atoms with van der Waals surface area (Å²) in [6, 6.07) is 6.38. The van der Waals surface area contributed by atoms with Gasteiger partial charge in [-0.05, 0) is 30.7 Å². The molecule has 84 valence electrons. The van der Waals surface area contributed by atoms with Crippen LogP contribution < -0.4 is 4.74 Å². The lowest BCUT2D eigenvalue weighted by molar-refractivity contribution is -0.134. The largest absolute Gasteiger partial charge is 0.427 e. The van der Waals surface area contributed by atoms with Gasteiger partial charge in [0, 0.05) is 6.42 Å². The molecular weight excluding hydrogens is 206 g/mol. The van der Waals surface area contributed by atoms with E-state index in [0.29, 0.717) is 17.9 Å². The molecule has 4 nitrogen and oxygen atoms in total. The number of unbranched alkanes of at least 4 members (excludes halogenated alkanes) is 1. The number of hydrogen-bond donors (Lipinski definition) is 0. The zero-order valence-electron chi connectivity index (χ0n) is 9.10. The maximum atomic E-state index is 11.3. The monoisotopic (exact) mass is 219 g/mol. The number of rotatable bonds is 5. The van der Waals surface area contributed by atoms with Gasteiger partial charge in [0.1, 0.15) is 5.75 Å². The van der Waals surface area contributed by atoms with Gasteiger partial charge >= 0.3 is 5.97 Å². The third kappa shape index (κ3) is 4.07. The highest BCUT2D eigenvalue weighted by atomic mass is 16.5. The first-order valence-corrected chi connectivity index (χ1v) is 5.15. The number of isocyanates is 1. The molecule has 16 heavy (non-hydrogen) atoms. The van der Waals surface area contributed by atoms with E-state index in [1.54, 1.807) is 24.3 Å². The molecule has 0 heterocycles. The summed E-state index contributed by atoms with van der Waals surface area (Å²) in [4.78, 5) is 24.7. The Hall–Kier alpha value is -1.93. The molecule has 0 amide bonds. The molecule has 0 aliphatic carbocycles. The van der Waals surface area contributed by atoms with Gasteiger partial charge < -0.3 is 4.74 Å². The van der Waals surface area contributed by atoms with Gasteiger partial charge in [-0.2, -0.15) is 4.99 Å². The molecule has 0 fully saturated rings. The van der Waals surface area contributed by atoms with Crippen molar-refractivity contribution < 1.29 is 14.3 Å². The normalized spacial score (nSPS) is 9.31. The second kappa shape index (κ2) is 6.53. The van der Waals surface area contributed by atoms with Crippen LogP contribution in [0.15, 0.2) is 29.3 Å². The molecule has 1 aromatic carbocycles. The first kappa shape index (κ1) is 12.1. The van der Waals surface area contributed by atoms with E-state index in [1.807, 2.05) is 6.92 Å². The van der Waals surface area contributed by atoms with Crippen LogP contribution in [0.5, 0.6) is 5.75 Å². The Morgan fingerprint density at radius 1 is 1.38 bits per heavy atom. The second-order valence-corrected chi connectivity index (χ2v) is 3.27. The van der Waals surface area contributed by atoms with Crippen molar-refractivity contribution >= 4 is 17.7 Å². The Kier molecular flexibility index (Phi) is 4.96. The summed E-state index contributed by atoms with van der Waals surface area (Å²) in [6.07, 6.45) is 3.65. The highest BCUT2D eigenvalue weighted by Gasteiger charge is 2.03. The maximum Gasteiger partial charge on any atom is 0.311 e. The number of esters is 1. The lowest BCUT2D eigenvalue weighted by Gasteiger charge is -2.03. The van der Waals surface area contributed by atoms with Gasteiger partial charge in [0.15, 0.2) is 0 Å². The molecule has 0 bridgehead atoms. The third-order valence-electron chi connectivity index (χ3n) is 1.98. The van der Waals surface area contributed by atoms with Gasteiger partial charge in [0.25, 0.3) is 0 Å². The van der Waals surface area contributed by atoms with E-state index < -0.39 is 0 Å². The third-order valence-corrected chi connectivity index (χ3v) is 1.98. The minimum absolute atomic E-state index is 0.242. The fourth-order valence-electron chi connectivity index (χ4n) is 1.15. The summed E-state index contributed by atoms with van der Waals surface area (Å²) in [7, 11) is 0. The standard InChI is InChI=1S/C12H13NO3/c1-2-3-4-12(15)16-11-7-5-10(6-8-11)13-9-14/h5-8H,2-4H2,1H3. The molecule has 0 N–H and O–H groups in total. The molecular formula is C12H13NO3. The first-order chi connectivity index (χ1) is 7.76. The van der Waals surface area contributed by atoms with E-state index in [4.69, 9.17) is 4.74 Å². The van der Waals surface area contributed by atoms with Crippen molar-refractivity contribution in [1.29, 1.82) is 0 Å². The Morgan fingerprint density at radius 2 is 2.06 bits per heavy atom. The van der Waals surface area contributed by atoms with Crippen molar-refractivity contribution in [2.24, 2.45) is 4.99 Å². The molecule has 1 aromatic rings. The Balaban J connectivity index is 2.54. The van der Waals surface area contributed by atoms with Gasteiger partial charge in [0.2, 0.25) is 6.08 Å². The minimum Gasteiger partial charge on any atom is -0.427 e. The average Bonchev–Trinajstić information content (AvgIpc) is 2.29. The molecule has 0 atom stereocenters. The summed E-state index contributed by atoms with van der Waals surface area (Å²) in [6.45, 7) is 2.01. The van der Waals surface area contributed by atoms with Crippen LogP contribution in [-0.2, 0) is 9.59 Å². The van der Waals surface area contributed by atoms with Crippen LogP contribution in [0, 0.1) is 0 Å². The number of benzene rings is 1. The summed E-state index contributed by atoms with van der Waals surface area (Å²) in [5.41, 5.74) is 0.489. The smallest absolute Gasteiger partial charge is 0.311 e. The summed E-state index contributed by atoms with van der Waals surface area (Å²) in [5, 5.41) is 0. The van der Waals surface area contributed by atoms with E-state index in [2.05, 4.69) is 4.99 Å². The van der Waals surface area contributed by atoms with Crippen molar-refractivity contribution in [2.45, 2.75) is 26.2 Å². The van der Waals surface area contributed by atoms with Gasteiger partial charge in [-0.25, -0.2) is 4.79 Å². The van der Waals surface area contributed by atoms with E-state index in [9.17, 15) is 9.59 Å². The fraction of sp³-hybridized carbons (Fsp3) is 0.333. The van der Waals surface area contributed by atoms with Crippen LogP contribution in [0.1, 0.15) is 26.2 Å². The van der Waals surface area contributed by atoms with Gasteiger partial charge in [0.05, 0.1) is 5.69 Å². The summed E-state index contributed by atoms with van der Waals surface area (Å²) < 4.78 is 5.07. The Bertz CT molecular complexity index is 391. The average molecular weight is 219 g/mol. The minimum atomic E-state index is -0.242. The van der Waals surface area contributed by atoms with E-state index >= 15 is 0 Å². The zero-order chi connectivity index (χ0) is 11.8. The van der Waals surface area contributed by atoms with Gasteiger partial charge in [-0.1, -0.05) is 13.3 Å². The van der Waals surface area contributed by atoms with E-state index in [-0.39, 0.29) is 5.97 Å². The molecule has 0 aliphatic rings. The molecule has 4 heteroatoms. The maximum absolute atomic E-state index is 11.3. The predicted octanol–water partition coefficient (Wildman–Crippen LogP) is 2.75. The Labute approximate surface area is 94.0 Å². The zero-order valence-corrected chi connectivity index (χ0v) is 9.10. The number of aliphatic imine (C=N–C) groups is 1. The molecule has 0 saturated carbocycles. The van der Waals surface area contributed by atoms with Crippen LogP contribution in [0.25, 0.3) is 0 Å². The number of carbonyl (C=O) groups is 1. The van der Waals surface area contributed by atoms with E-state index in [1.165, 1.54) is 6.08 Å². The molecule has 0 saturated heterocycles. The SMILES string of the molecule is CCCCC(=O)Oc1ccc(N=C=O)cc1. The van der Waals surface area contributed by atoms with Crippen molar-refractivity contribution in [3.8, 4) is 5.75 Å². The molecule has 0 aliphatic heterocycles. The van der Waals surface area contributed by atoms with Crippen molar-refractivity contribution in [2.75, 3.05) is 0 Å². The highest BCUT2D eigenvalue weighted by molar-refractivity contribution is 5.72. The highest BCUT2D eigenvalue weighted by Crippen LogP contribution is 2.18. The number of hydrogen-bond acceptors (Lipinski definition) is 4. The molecule has 0 spiro atoms. The van der Waals surface area contributed by atoms with Crippen molar-refractivity contribution in [1.82, 2.24) is 0 Å². The number of carbonyl (C=O) groups excluding carboxylic acids is 2. The predicted molar refractivity (Wildman–Crippen MR) is 59.4 cm³/mol. The summed E-state index contributed by atoms with van der Waals surface area (Å²) >= 11 is 0. The molecule has 0 radical (unpaired) electrons. The summed E-state index contributed by atoms with van der Waals surface area (Å²) in [5.74, 6) is 0.222. The fourth-order valence-corrected chi connectivity index (χ4v) is 1.15. The van der Waals surface area contributed by atoms with Gasteiger partial charge in [-0.15, -0.1) is 0 Å². The molecule has 1 rings (SSSR count). The Morgan fingerprint density at radius 3 is 2.62 bits per heavy atom. The topological polar surface area (TPSA) is 55.7 Å². The van der Waals surface area contributed by atoms with Crippen LogP contribution in [-0.4, -0.2) is 12.0 Å².